The Morgan fingerprint density at radius 2 is 2.06 bits per heavy atom. The van der Waals surface area contributed by atoms with Crippen LogP contribution in [0.25, 0.3) is 22.3 Å². The van der Waals surface area contributed by atoms with Gasteiger partial charge in [0.15, 0.2) is 16.5 Å². The molecule has 4 rings (SSSR count). The first kappa shape index (κ1) is 22.8. The number of nitrogens with zero attached hydrogens (tertiary/aromatic N) is 3. The number of thiazole rings is 1. The van der Waals surface area contributed by atoms with Gasteiger partial charge in [-0.15, -0.1) is 0 Å². The van der Waals surface area contributed by atoms with Crippen LogP contribution < -0.4 is 14.8 Å². The summed E-state index contributed by atoms with van der Waals surface area (Å²) in [5, 5.41) is 10.0. The number of aromatic hydroxyl groups is 1. The number of aromatic nitrogens is 2. The molecule has 2 heterocycles. The van der Waals surface area contributed by atoms with Gasteiger partial charge < -0.3 is 14.7 Å². The summed E-state index contributed by atoms with van der Waals surface area (Å²) in [6, 6.07) is 9.91. The van der Waals surface area contributed by atoms with E-state index in [1.807, 2.05) is 0 Å². The van der Waals surface area contributed by atoms with Crippen LogP contribution >= 0.6 is 22.9 Å². The van der Waals surface area contributed by atoms with E-state index < -0.39 is 6.67 Å². The minimum absolute atomic E-state index is 0.0344. The molecule has 0 fully saturated rings. The normalized spacial score (nSPS) is 11.8. The predicted molar refractivity (Wildman–Crippen MR) is 126 cm³/mol. The van der Waals surface area contributed by atoms with Gasteiger partial charge in [-0.05, 0) is 35.9 Å². The van der Waals surface area contributed by atoms with Crippen molar-refractivity contribution >= 4 is 39.9 Å². The van der Waals surface area contributed by atoms with Crippen LogP contribution in [-0.2, 0) is 0 Å². The molecule has 33 heavy (non-hydrogen) atoms. The first-order valence-electron chi connectivity index (χ1n) is 9.84. The number of amides is 1. The van der Waals surface area contributed by atoms with Gasteiger partial charge in [0.1, 0.15) is 6.67 Å². The number of carbonyl (C=O) groups is 1. The van der Waals surface area contributed by atoms with E-state index >= 15 is 0 Å². The summed E-state index contributed by atoms with van der Waals surface area (Å²) in [4.78, 5) is 31.5. The summed E-state index contributed by atoms with van der Waals surface area (Å²) in [5.74, 6) is -0.216. The van der Waals surface area contributed by atoms with Gasteiger partial charge in [-0.1, -0.05) is 35.1 Å². The van der Waals surface area contributed by atoms with E-state index in [0.29, 0.717) is 26.3 Å². The Balaban J connectivity index is 1.65. The molecule has 170 valence electrons. The van der Waals surface area contributed by atoms with E-state index in [4.69, 9.17) is 16.3 Å². The van der Waals surface area contributed by atoms with Crippen LogP contribution in [0.15, 0.2) is 47.4 Å². The maximum atomic E-state index is 12.9. The second-order valence-electron chi connectivity index (χ2n) is 7.24. The minimum atomic E-state index is -0.601. The smallest absolute Gasteiger partial charge is 0.274 e. The number of phenols is 1. The number of fused-ring (bicyclic) bond motifs is 1. The standard InChI is InChI=1S/C23H19ClFN3O4S/c1-27(8-7-25)21(30)15-5-3-14(4-6-15)17-12-28-22(31)19(33-23(28)26-17)11-13-9-16(24)20(29)18(10-13)32-2/h3-6,9-12,29H,7-8H2,1-2H3/b19-11-. The Morgan fingerprint density at radius 1 is 1.33 bits per heavy atom. The van der Waals surface area contributed by atoms with Crippen molar-refractivity contribution in [2.75, 3.05) is 27.4 Å². The summed E-state index contributed by atoms with van der Waals surface area (Å²) in [6.07, 6.45) is 3.30. The van der Waals surface area contributed by atoms with E-state index in [9.17, 15) is 19.1 Å². The molecule has 0 bridgehead atoms. The van der Waals surface area contributed by atoms with E-state index in [1.165, 1.54) is 27.7 Å². The fourth-order valence-electron chi connectivity index (χ4n) is 3.29. The third-order valence-corrected chi connectivity index (χ3v) is 6.34. The molecule has 0 aliphatic rings. The largest absolute Gasteiger partial charge is 0.503 e. The monoisotopic (exact) mass is 487 g/mol. The van der Waals surface area contributed by atoms with Gasteiger partial charge in [-0.25, -0.2) is 9.37 Å². The maximum Gasteiger partial charge on any atom is 0.274 e. The van der Waals surface area contributed by atoms with Crippen molar-refractivity contribution in [2.24, 2.45) is 0 Å². The molecular formula is C23H19ClFN3O4S. The number of benzene rings is 2. The average molecular weight is 488 g/mol. The van der Waals surface area contributed by atoms with Gasteiger partial charge in [0, 0.05) is 30.9 Å². The zero-order chi connectivity index (χ0) is 23.7. The number of alkyl halides is 1. The first-order valence-corrected chi connectivity index (χ1v) is 11.0. The predicted octanol–water partition coefficient (Wildman–Crippen LogP) is 3.38. The molecule has 0 saturated carbocycles. The van der Waals surface area contributed by atoms with Crippen LogP contribution in [0.3, 0.4) is 0 Å². The Bertz CT molecular complexity index is 1450. The molecule has 1 amide bonds. The van der Waals surface area contributed by atoms with Crippen molar-refractivity contribution in [1.82, 2.24) is 14.3 Å². The van der Waals surface area contributed by atoms with Gasteiger partial charge >= 0.3 is 0 Å². The van der Waals surface area contributed by atoms with E-state index in [2.05, 4.69) is 4.98 Å². The topological polar surface area (TPSA) is 84.1 Å². The Hall–Kier alpha value is -3.43. The average Bonchev–Trinajstić information content (AvgIpc) is 3.35. The molecule has 7 nitrogen and oxygen atoms in total. The molecule has 0 atom stereocenters. The van der Waals surface area contributed by atoms with Crippen LogP contribution in [0, 0.1) is 0 Å². The van der Waals surface area contributed by atoms with Crippen LogP contribution in [0.4, 0.5) is 4.39 Å². The summed E-state index contributed by atoms with van der Waals surface area (Å²) < 4.78 is 19.5. The second-order valence-corrected chi connectivity index (χ2v) is 8.66. The fourth-order valence-corrected chi connectivity index (χ4v) is 4.46. The molecule has 0 saturated heterocycles. The van der Waals surface area contributed by atoms with Crippen LogP contribution in [-0.4, -0.2) is 52.7 Å². The minimum Gasteiger partial charge on any atom is -0.503 e. The molecule has 0 radical (unpaired) electrons. The van der Waals surface area contributed by atoms with Gasteiger partial charge in [0.25, 0.3) is 11.5 Å². The molecule has 0 unspecified atom stereocenters. The highest BCUT2D eigenvalue weighted by atomic mass is 35.5. The number of methoxy groups -OCH3 is 1. The van der Waals surface area contributed by atoms with Gasteiger partial charge in [-0.3, -0.25) is 14.0 Å². The second kappa shape index (κ2) is 9.21. The first-order chi connectivity index (χ1) is 15.8. The van der Waals surface area contributed by atoms with Crippen molar-refractivity contribution in [2.45, 2.75) is 0 Å². The molecule has 0 aliphatic carbocycles. The Morgan fingerprint density at radius 3 is 2.70 bits per heavy atom. The lowest BCUT2D eigenvalue weighted by atomic mass is 10.1. The van der Waals surface area contributed by atoms with Crippen LogP contribution in [0.2, 0.25) is 5.02 Å². The van der Waals surface area contributed by atoms with E-state index in [-0.39, 0.29) is 34.5 Å². The van der Waals surface area contributed by atoms with Crippen molar-refractivity contribution in [1.29, 1.82) is 0 Å². The fraction of sp³-hybridized carbons (Fsp3) is 0.174. The van der Waals surface area contributed by atoms with Gasteiger partial charge in [-0.2, -0.15) is 0 Å². The molecule has 1 N–H and O–H groups in total. The molecular weight excluding hydrogens is 469 g/mol. The number of hydrogen-bond acceptors (Lipinski definition) is 6. The molecule has 10 heteroatoms. The van der Waals surface area contributed by atoms with Crippen LogP contribution in [0.5, 0.6) is 11.5 Å². The van der Waals surface area contributed by atoms with Crippen molar-refractivity contribution in [3.8, 4) is 22.8 Å². The lowest BCUT2D eigenvalue weighted by Gasteiger charge is -2.15. The quantitative estimate of drug-likeness (QED) is 0.451. The summed E-state index contributed by atoms with van der Waals surface area (Å²) >= 11 is 7.25. The zero-order valence-corrected chi connectivity index (χ0v) is 19.3. The van der Waals surface area contributed by atoms with E-state index in [1.54, 1.807) is 55.7 Å². The van der Waals surface area contributed by atoms with Crippen LogP contribution in [0.1, 0.15) is 15.9 Å². The lowest BCUT2D eigenvalue weighted by Crippen LogP contribution is -2.28. The number of phenolic OH excluding ortho intramolecular Hbond substituents is 1. The van der Waals surface area contributed by atoms with Crippen molar-refractivity contribution < 1.29 is 19.0 Å². The molecule has 2 aromatic carbocycles. The SMILES string of the molecule is COc1cc(/C=c2\sc3nc(-c4ccc(C(=O)N(C)CCF)cc4)cn3c2=O)cc(Cl)c1O. The van der Waals surface area contributed by atoms with Crippen molar-refractivity contribution in [3.05, 3.63) is 73.6 Å². The summed E-state index contributed by atoms with van der Waals surface area (Å²) in [7, 11) is 2.96. The molecule has 0 spiro atoms. The maximum absolute atomic E-state index is 12.9. The summed E-state index contributed by atoms with van der Waals surface area (Å²) in [5.41, 5.74) is 2.15. The Kier molecular flexibility index (Phi) is 6.35. The highest BCUT2D eigenvalue weighted by molar-refractivity contribution is 7.15. The number of carbonyl (C=O) groups excluding carboxylic acids is 1. The highest BCUT2D eigenvalue weighted by Gasteiger charge is 2.14. The highest BCUT2D eigenvalue weighted by Crippen LogP contribution is 2.35. The lowest BCUT2D eigenvalue weighted by molar-refractivity contribution is 0.0786. The molecule has 2 aromatic heterocycles. The van der Waals surface area contributed by atoms with Gasteiger partial charge in [0.05, 0.1) is 22.4 Å². The third kappa shape index (κ3) is 4.42. The molecule has 4 aromatic rings. The molecule has 0 aliphatic heterocycles. The van der Waals surface area contributed by atoms with Gasteiger partial charge in [0.2, 0.25) is 0 Å². The number of rotatable bonds is 6. The number of halogens is 2. The number of imidazole rings is 1. The number of hydrogen-bond donors (Lipinski definition) is 1. The zero-order valence-electron chi connectivity index (χ0n) is 17.7. The Labute approximate surface area is 196 Å². The van der Waals surface area contributed by atoms with E-state index in [0.717, 1.165) is 5.56 Å². The van der Waals surface area contributed by atoms with Crippen molar-refractivity contribution in [3.63, 3.8) is 0 Å². The third-order valence-electron chi connectivity index (χ3n) is 5.07. The summed E-state index contributed by atoms with van der Waals surface area (Å²) in [6.45, 7) is -0.567. The number of ether oxygens (including phenoxy) is 1.